The first-order chi connectivity index (χ1) is 9.15. The number of unbranched alkanes of at least 4 members (excludes halogenated alkanes) is 1. The molecule has 1 aromatic carbocycles. The van der Waals surface area contributed by atoms with Crippen LogP contribution in [0.2, 0.25) is 5.02 Å². The smallest absolute Gasteiger partial charge is 0.0897 e. The summed E-state index contributed by atoms with van der Waals surface area (Å²) in [6.07, 6.45) is 1.66. The fraction of sp³-hybridized carbons (Fsp3) is 0.600. The number of aliphatic hydroxyl groups is 1. The minimum absolute atomic E-state index is 0.110. The third kappa shape index (κ3) is 6.39. The molecular formula is C15H24ClNO2. The third-order valence-electron chi connectivity index (χ3n) is 2.98. The van der Waals surface area contributed by atoms with Crippen molar-refractivity contribution < 1.29 is 9.84 Å². The van der Waals surface area contributed by atoms with Crippen molar-refractivity contribution in [2.45, 2.75) is 38.8 Å². The number of rotatable bonds is 9. The molecule has 0 heterocycles. The normalized spacial score (nSPS) is 14.3. The zero-order valence-electron chi connectivity index (χ0n) is 11.7. The van der Waals surface area contributed by atoms with Gasteiger partial charge in [0.25, 0.3) is 0 Å². The van der Waals surface area contributed by atoms with Crippen LogP contribution in [0.1, 0.15) is 38.3 Å². The zero-order valence-corrected chi connectivity index (χ0v) is 12.5. The van der Waals surface area contributed by atoms with E-state index in [1.54, 1.807) is 0 Å². The molecule has 19 heavy (non-hydrogen) atoms. The molecule has 0 aromatic heterocycles. The van der Waals surface area contributed by atoms with E-state index < -0.39 is 6.10 Å². The fourth-order valence-corrected chi connectivity index (χ4v) is 2.07. The lowest BCUT2D eigenvalue weighted by Crippen LogP contribution is -2.32. The van der Waals surface area contributed by atoms with E-state index in [1.165, 1.54) is 0 Å². The number of halogens is 1. The number of ether oxygens (including phenoxy) is 1. The Kier molecular flexibility index (Phi) is 8.07. The maximum atomic E-state index is 9.79. The molecule has 3 nitrogen and oxygen atoms in total. The second kappa shape index (κ2) is 9.32. The van der Waals surface area contributed by atoms with Gasteiger partial charge >= 0.3 is 0 Å². The van der Waals surface area contributed by atoms with E-state index in [4.69, 9.17) is 16.3 Å². The average Bonchev–Trinajstić information content (AvgIpc) is 2.41. The third-order valence-corrected chi connectivity index (χ3v) is 3.33. The summed E-state index contributed by atoms with van der Waals surface area (Å²) in [5.41, 5.74) is 1.04. The van der Waals surface area contributed by atoms with E-state index in [-0.39, 0.29) is 6.04 Å². The van der Waals surface area contributed by atoms with Gasteiger partial charge in [-0.15, -0.1) is 0 Å². The molecule has 1 unspecified atom stereocenters. The molecule has 0 radical (unpaired) electrons. The minimum Gasteiger partial charge on any atom is -0.389 e. The van der Waals surface area contributed by atoms with Crippen molar-refractivity contribution in [1.29, 1.82) is 0 Å². The molecule has 1 aromatic rings. The Bertz CT molecular complexity index is 360. The lowest BCUT2D eigenvalue weighted by Gasteiger charge is -2.18. The Balaban J connectivity index is 2.26. The number of aliphatic hydroxyl groups excluding tert-OH is 1. The zero-order chi connectivity index (χ0) is 14.1. The standard InChI is InChI=1S/C15H24ClNO2/c1-3-4-9-19-11-13(18)10-17-12(2)14-7-5-6-8-15(14)16/h5-8,12-13,17-18H,3-4,9-11H2,1-2H3/t12-,13?/m1/s1. The molecule has 2 atom stereocenters. The molecule has 108 valence electrons. The molecule has 0 aliphatic carbocycles. The molecule has 0 aliphatic rings. The second-order valence-electron chi connectivity index (χ2n) is 4.73. The van der Waals surface area contributed by atoms with Crippen LogP contribution < -0.4 is 5.32 Å². The van der Waals surface area contributed by atoms with Crippen LogP contribution in [0.3, 0.4) is 0 Å². The first-order valence-corrected chi connectivity index (χ1v) is 7.26. The van der Waals surface area contributed by atoms with Gasteiger partial charge in [-0.1, -0.05) is 43.1 Å². The highest BCUT2D eigenvalue weighted by molar-refractivity contribution is 6.31. The van der Waals surface area contributed by atoms with Gasteiger partial charge < -0.3 is 15.2 Å². The van der Waals surface area contributed by atoms with Crippen molar-refractivity contribution >= 4 is 11.6 Å². The van der Waals surface area contributed by atoms with Crippen molar-refractivity contribution in [2.24, 2.45) is 0 Å². The fourth-order valence-electron chi connectivity index (χ4n) is 1.77. The van der Waals surface area contributed by atoms with E-state index in [9.17, 15) is 5.11 Å². The van der Waals surface area contributed by atoms with Gasteiger partial charge in [0, 0.05) is 24.2 Å². The molecule has 0 amide bonds. The van der Waals surface area contributed by atoms with E-state index >= 15 is 0 Å². The summed E-state index contributed by atoms with van der Waals surface area (Å²) in [5.74, 6) is 0. The number of hydrogen-bond donors (Lipinski definition) is 2. The molecule has 2 N–H and O–H groups in total. The Morgan fingerprint density at radius 1 is 1.37 bits per heavy atom. The monoisotopic (exact) mass is 285 g/mol. The van der Waals surface area contributed by atoms with Gasteiger partial charge in [-0.25, -0.2) is 0 Å². The average molecular weight is 286 g/mol. The van der Waals surface area contributed by atoms with Crippen molar-refractivity contribution in [1.82, 2.24) is 5.32 Å². The van der Waals surface area contributed by atoms with Crippen LogP contribution in [0.4, 0.5) is 0 Å². The van der Waals surface area contributed by atoms with Crippen LogP contribution in [-0.4, -0.2) is 31.0 Å². The maximum Gasteiger partial charge on any atom is 0.0897 e. The van der Waals surface area contributed by atoms with Crippen LogP contribution >= 0.6 is 11.6 Å². The molecule has 0 bridgehead atoms. The van der Waals surface area contributed by atoms with Gasteiger partial charge in [-0.2, -0.15) is 0 Å². The highest BCUT2D eigenvalue weighted by Crippen LogP contribution is 2.21. The minimum atomic E-state index is -0.484. The molecular weight excluding hydrogens is 262 g/mol. The molecule has 0 aliphatic heterocycles. The van der Waals surface area contributed by atoms with Crippen molar-refractivity contribution in [3.63, 3.8) is 0 Å². The van der Waals surface area contributed by atoms with Crippen LogP contribution in [-0.2, 0) is 4.74 Å². The molecule has 0 saturated carbocycles. The molecule has 0 spiro atoms. The highest BCUT2D eigenvalue weighted by Gasteiger charge is 2.11. The van der Waals surface area contributed by atoms with Gasteiger partial charge in [-0.05, 0) is 25.0 Å². The first kappa shape index (κ1) is 16.4. The van der Waals surface area contributed by atoms with Gasteiger partial charge in [0.15, 0.2) is 0 Å². The summed E-state index contributed by atoms with van der Waals surface area (Å²) in [6.45, 7) is 5.74. The van der Waals surface area contributed by atoms with Crippen molar-refractivity contribution in [3.05, 3.63) is 34.9 Å². The van der Waals surface area contributed by atoms with E-state index in [1.807, 2.05) is 31.2 Å². The van der Waals surface area contributed by atoms with Gasteiger partial charge in [0.2, 0.25) is 0 Å². The molecule has 0 fully saturated rings. The number of benzene rings is 1. The Morgan fingerprint density at radius 3 is 2.79 bits per heavy atom. The van der Waals surface area contributed by atoms with Crippen molar-refractivity contribution in [3.8, 4) is 0 Å². The Labute approximate surface area is 120 Å². The lowest BCUT2D eigenvalue weighted by molar-refractivity contribution is 0.0348. The molecule has 1 rings (SSSR count). The lowest BCUT2D eigenvalue weighted by atomic mass is 10.1. The summed E-state index contributed by atoms with van der Waals surface area (Å²) < 4.78 is 5.38. The van der Waals surface area contributed by atoms with Gasteiger partial charge in [0.05, 0.1) is 12.7 Å². The van der Waals surface area contributed by atoms with E-state index in [0.29, 0.717) is 19.8 Å². The quantitative estimate of drug-likeness (QED) is 0.685. The van der Waals surface area contributed by atoms with E-state index in [2.05, 4.69) is 12.2 Å². The van der Waals surface area contributed by atoms with Gasteiger partial charge in [-0.3, -0.25) is 0 Å². The van der Waals surface area contributed by atoms with E-state index in [0.717, 1.165) is 23.4 Å². The SMILES string of the molecule is CCCCOCC(O)CN[C@H](C)c1ccccc1Cl. The van der Waals surface area contributed by atoms with Crippen LogP contribution in [0.15, 0.2) is 24.3 Å². The Morgan fingerprint density at radius 2 is 2.11 bits per heavy atom. The summed E-state index contributed by atoms with van der Waals surface area (Å²) in [5, 5.41) is 13.8. The first-order valence-electron chi connectivity index (χ1n) is 6.88. The van der Waals surface area contributed by atoms with Crippen LogP contribution in [0.5, 0.6) is 0 Å². The number of nitrogens with one attached hydrogen (secondary N) is 1. The topological polar surface area (TPSA) is 41.5 Å². The van der Waals surface area contributed by atoms with Gasteiger partial charge in [0.1, 0.15) is 0 Å². The second-order valence-corrected chi connectivity index (χ2v) is 5.14. The maximum absolute atomic E-state index is 9.79. The summed E-state index contributed by atoms with van der Waals surface area (Å²) >= 11 is 6.13. The highest BCUT2D eigenvalue weighted by atomic mass is 35.5. The van der Waals surface area contributed by atoms with Crippen LogP contribution in [0, 0.1) is 0 Å². The largest absolute Gasteiger partial charge is 0.389 e. The molecule has 4 heteroatoms. The van der Waals surface area contributed by atoms with Crippen molar-refractivity contribution in [2.75, 3.05) is 19.8 Å². The summed E-state index contributed by atoms with van der Waals surface area (Å²) in [4.78, 5) is 0. The molecule has 0 saturated heterocycles. The van der Waals surface area contributed by atoms with Crippen LogP contribution in [0.25, 0.3) is 0 Å². The Hall–Kier alpha value is -0.610. The predicted octanol–water partition coefficient (Wildman–Crippen LogP) is 3.17. The summed E-state index contributed by atoms with van der Waals surface area (Å²) in [6, 6.07) is 7.85. The summed E-state index contributed by atoms with van der Waals surface area (Å²) in [7, 11) is 0. The predicted molar refractivity (Wildman–Crippen MR) is 79.6 cm³/mol. The number of hydrogen-bond acceptors (Lipinski definition) is 3.